The molecule has 1 saturated heterocycles. The van der Waals surface area contributed by atoms with Crippen molar-refractivity contribution in [3.8, 4) is 0 Å². The Balaban J connectivity index is 2.22. The lowest BCUT2D eigenvalue weighted by Gasteiger charge is -2.36. The van der Waals surface area contributed by atoms with Crippen molar-refractivity contribution in [3.63, 3.8) is 0 Å². The third kappa shape index (κ3) is 4.47. The lowest BCUT2D eigenvalue weighted by Crippen LogP contribution is -2.42. The Labute approximate surface area is 150 Å². The van der Waals surface area contributed by atoms with Crippen LogP contribution in [-0.4, -0.2) is 36.8 Å². The van der Waals surface area contributed by atoms with E-state index < -0.39 is 44.0 Å². The van der Waals surface area contributed by atoms with Gasteiger partial charge < -0.3 is 9.16 Å². The van der Waals surface area contributed by atoms with Gasteiger partial charge in [0.2, 0.25) is 0 Å². The van der Waals surface area contributed by atoms with Crippen molar-refractivity contribution in [2.24, 2.45) is 5.92 Å². The average molecular weight is 394 g/mol. The highest BCUT2D eigenvalue weighted by Gasteiger charge is 2.52. The first-order valence-electron chi connectivity index (χ1n) is 8.40. The Kier molecular flexibility index (Phi) is 5.61. The van der Waals surface area contributed by atoms with E-state index in [4.69, 9.17) is 9.16 Å². The molecule has 0 spiro atoms. The van der Waals surface area contributed by atoms with Gasteiger partial charge in [0.15, 0.2) is 8.32 Å². The molecule has 2 heterocycles. The number of alkyl halides is 3. The van der Waals surface area contributed by atoms with Gasteiger partial charge in [-0.1, -0.05) is 20.8 Å². The molecule has 1 N–H and O–H groups in total. The molecule has 0 unspecified atom stereocenters. The molecule has 3 atom stereocenters. The Morgan fingerprint density at radius 1 is 1.31 bits per heavy atom. The Hall–Kier alpha value is -1.39. The van der Waals surface area contributed by atoms with Crippen LogP contribution in [0.4, 0.5) is 13.2 Å². The summed E-state index contributed by atoms with van der Waals surface area (Å²) < 4.78 is 52.6. The van der Waals surface area contributed by atoms with Crippen molar-refractivity contribution in [3.05, 3.63) is 33.1 Å². The van der Waals surface area contributed by atoms with Gasteiger partial charge in [-0.15, -0.1) is 0 Å². The van der Waals surface area contributed by atoms with Crippen molar-refractivity contribution < 1.29 is 22.3 Å². The predicted molar refractivity (Wildman–Crippen MR) is 92.5 cm³/mol. The molecule has 1 aromatic heterocycles. The summed E-state index contributed by atoms with van der Waals surface area (Å²) in [6.07, 6.45) is -6.10. The maximum atomic E-state index is 13.4. The molecule has 0 aromatic carbocycles. The van der Waals surface area contributed by atoms with Gasteiger partial charge in [0, 0.05) is 12.3 Å². The van der Waals surface area contributed by atoms with Crippen LogP contribution in [0.25, 0.3) is 0 Å². The molecule has 1 aliphatic heterocycles. The summed E-state index contributed by atoms with van der Waals surface area (Å²) in [4.78, 5) is 25.0. The summed E-state index contributed by atoms with van der Waals surface area (Å²) in [5.74, 6) is -1.85. The summed E-state index contributed by atoms with van der Waals surface area (Å²) in [7, 11) is -2.14. The minimum Gasteiger partial charge on any atom is -0.414 e. The van der Waals surface area contributed by atoms with Crippen molar-refractivity contribution in [2.75, 3.05) is 6.61 Å². The zero-order valence-corrected chi connectivity index (χ0v) is 16.5. The van der Waals surface area contributed by atoms with Crippen LogP contribution in [0.3, 0.4) is 0 Å². The van der Waals surface area contributed by atoms with Gasteiger partial charge >= 0.3 is 11.9 Å². The van der Waals surface area contributed by atoms with Gasteiger partial charge in [0.1, 0.15) is 12.1 Å². The summed E-state index contributed by atoms with van der Waals surface area (Å²) in [6, 6.07) is 0.998. The molecule has 6 nitrogen and oxygen atoms in total. The van der Waals surface area contributed by atoms with Crippen LogP contribution in [0.1, 0.15) is 33.4 Å². The Bertz CT molecular complexity index is 751. The fourth-order valence-corrected chi connectivity index (χ4v) is 3.59. The molecule has 1 aliphatic rings. The quantitative estimate of drug-likeness (QED) is 0.797. The van der Waals surface area contributed by atoms with Crippen LogP contribution < -0.4 is 11.2 Å². The van der Waals surface area contributed by atoms with E-state index in [2.05, 4.69) is 0 Å². The second-order valence-electron chi connectivity index (χ2n) is 8.12. The highest BCUT2D eigenvalue weighted by molar-refractivity contribution is 6.74. The SMILES string of the molecule is CC(C)(C)[Si](C)(C)OC[C@@H]1C[C@@H](C(F)(F)F)[C@H](n2ccc(=O)[nH]c2=O)O1. The Morgan fingerprint density at radius 2 is 1.92 bits per heavy atom. The minimum atomic E-state index is -4.54. The number of hydrogen-bond acceptors (Lipinski definition) is 4. The highest BCUT2D eigenvalue weighted by atomic mass is 28.4. The molecule has 1 fully saturated rings. The average Bonchev–Trinajstić information content (AvgIpc) is 2.88. The lowest BCUT2D eigenvalue weighted by molar-refractivity contribution is -0.198. The summed E-state index contributed by atoms with van der Waals surface area (Å²) in [6.45, 7) is 10.2. The van der Waals surface area contributed by atoms with Crippen molar-refractivity contribution in [1.82, 2.24) is 9.55 Å². The third-order valence-corrected chi connectivity index (χ3v) is 9.68. The van der Waals surface area contributed by atoms with Gasteiger partial charge in [-0.05, 0) is 24.6 Å². The topological polar surface area (TPSA) is 73.3 Å². The van der Waals surface area contributed by atoms with E-state index in [9.17, 15) is 22.8 Å². The first-order chi connectivity index (χ1) is 11.7. The zero-order valence-electron chi connectivity index (χ0n) is 15.5. The fourth-order valence-electron chi connectivity index (χ4n) is 2.55. The third-order valence-electron chi connectivity index (χ3n) is 5.17. The van der Waals surface area contributed by atoms with E-state index in [1.54, 1.807) is 0 Å². The molecule has 1 aromatic rings. The van der Waals surface area contributed by atoms with Crippen LogP contribution in [0.2, 0.25) is 18.1 Å². The standard InChI is InChI=1S/C16H25F3N2O4Si/c1-15(2,3)26(4,5)24-9-10-8-11(16(17,18)19)13(25-10)21-7-6-12(22)20-14(21)23/h6-7,10-11,13H,8-9H2,1-5H3,(H,20,22,23)/t10-,11+,13+/m0/s1. The number of hydrogen-bond donors (Lipinski definition) is 1. The van der Waals surface area contributed by atoms with E-state index >= 15 is 0 Å². The first kappa shape index (κ1) is 20.9. The second-order valence-corrected chi connectivity index (χ2v) is 12.9. The van der Waals surface area contributed by atoms with E-state index in [1.807, 2.05) is 38.8 Å². The van der Waals surface area contributed by atoms with Gasteiger partial charge in [-0.3, -0.25) is 14.3 Å². The molecule has 0 bridgehead atoms. The molecule has 10 heteroatoms. The summed E-state index contributed by atoms with van der Waals surface area (Å²) >= 11 is 0. The summed E-state index contributed by atoms with van der Waals surface area (Å²) in [5, 5.41) is -0.0791. The van der Waals surface area contributed by atoms with Gasteiger partial charge in [0.25, 0.3) is 5.56 Å². The molecular formula is C16H25F3N2O4Si. The molecule has 0 amide bonds. The minimum absolute atomic E-state index is 0.0394. The van der Waals surface area contributed by atoms with Crippen LogP contribution in [0, 0.1) is 5.92 Å². The van der Waals surface area contributed by atoms with Crippen LogP contribution in [-0.2, 0) is 9.16 Å². The normalized spacial score (nSPS) is 24.8. The molecule has 0 saturated carbocycles. The maximum absolute atomic E-state index is 13.4. The number of nitrogens with zero attached hydrogens (tertiary/aromatic N) is 1. The van der Waals surface area contributed by atoms with E-state index in [0.717, 1.165) is 16.8 Å². The van der Waals surface area contributed by atoms with Crippen molar-refractivity contribution >= 4 is 8.32 Å². The van der Waals surface area contributed by atoms with E-state index in [-0.39, 0.29) is 18.1 Å². The second kappa shape index (κ2) is 6.97. The number of H-pyrrole nitrogens is 1. The maximum Gasteiger partial charge on any atom is 0.396 e. The zero-order chi connectivity index (χ0) is 19.9. The predicted octanol–water partition coefficient (Wildman–Crippen LogP) is 3.02. The number of ether oxygens (including phenoxy) is 1. The van der Waals surface area contributed by atoms with Crippen molar-refractivity contribution in [1.29, 1.82) is 0 Å². The molecule has 0 aliphatic carbocycles. The van der Waals surface area contributed by atoms with Crippen LogP contribution >= 0.6 is 0 Å². The van der Waals surface area contributed by atoms with Gasteiger partial charge in [0.05, 0.1) is 12.7 Å². The highest BCUT2D eigenvalue weighted by Crippen LogP contribution is 2.45. The smallest absolute Gasteiger partial charge is 0.396 e. The monoisotopic (exact) mass is 394 g/mol. The number of aromatic amines is 1. The molecule has 0 radical (unpaired) electrons. The number of halogens is 3. The molecule has 26 heavy (non-hydrogen) atoms. The van der Waals surface area contributed by atoms with Gasteiger partial charge in [-0.25, -0.2) is 4.79 Å². The molecule has 148 valence electrons. The van der Waals surface area contributed by atoms with Crippen LogP contribution in [0.5, 0.6) is 0 Å². The first-order valence-corrected chi connectivity index (χ1v) is 11.3. The Morgan fingerprint density at radius 3 is 2.42 bits per heavy atom. The number of aromatic nitrogens is 2. The number of rotatable bonds is 4. The largest absolute Gasteiger partial charge is 0.414 e. The molecular weight excluding hydrogens is 369 g/mol. The summed E-state index contributed by atoms with van der Waals surface area (Å²) in [5.41, 5.74) is -1.60. The van der Waals surface area contributed by atoms with E-state index in [1.165, 1.54) is 0 Å². The lowest BCUT2D eigenvalue weighted by atomic mass is 10.0. The fraction of sp³-hybridized carbons (Fsp3) is 0.750. The van der Waals surface area contributed by atoms with Crippen molar-refractivity contribution in [2.45, 2.75) is 63.8 Å². The van der Waals surface area contributed by atoms with E-state index in [0.29, 0.717) is 0 Å². The van der Waals surface area contributed by atoms with Crippen LogP contribution in [0.15, 0.2) is 21.9 Å². The number of nitrogens with one attached hydrogen (secondary N) is 1. The molecule has 2 rings (SSSR count). The van der Waals surface area contributed by atoms with Gasteiger partial charge in [-0.2, -0.15) is 13.2 Å².